The van der Waals surface area contributed by atoms with Gasteiger partial charge in [0.2, 0.25) is 0 Å². The number of hydrogen-bond acceptors (Lipinski definition) is 0. The molecular weight excluding hydrogens is 247 g/mol. The van der Waals surface area contributed by atoms with Gasteiger partial charge in [-0.3, -0.25) is 0 Å². The predicted octanol–water partition coefficient (Wildman–Crippen LogP) is 3.35. The van der Waals surface area contributed by atoms with Crippen LogP contribution in [0.5, 0.6) is 0 Å². The summed E-state index contributed by atoms with van der Waals surface area (Å²) >= 11 is 2.53. The van der Waals surface area contributed by atoms with Crippen LogP contribution in [0.2, 0.25) is 0 Å². The Bertz CT molecular complexity index is 151. The van der Waals surface area contributed by atoms with Gasteiger partial charge >= 0.3 is 0 Å². The fourth-order valence-corrected chi connectivity index (χ4v) is 3.78. The minimum Gasteiger partial charge on any atom is -0.0861 e. The van der Waals surface area contributed by atoms with Crippen LogP contribution in [0.25, 0.3) is 0 Å². The molecule has 2 saturated carbocycles. The summed E-state index contributed by atoms with van der Waals surface area (Å²) in [6.45, 7) is 4.87. The van der Waals surface area contributed by atoms with Gasteiger partial charge in [0, 0.05) is 4.43 Å². The Morgan fingerprint density at radius 2 is 2.18 bits per heavy atom. The van der Waals surface area contributed by atoms with E-state index in [0.717, 1.165) is 29.6 Å². The van der Waals surface area contributed by atoms with Crippen molar-refractivity contribution in [2.24, 2.45) is 29.6 Å². The van der Waals surface area contributed by atoms with Crippen molar-refractivity contribution in [1.82, 2.24) is 0 Å². The first-order valence-electron chi connectivity index (χ1n) is 4.80. The predicted molar refractivity (Wildman–Crippen MR) is 56.9 cm³/mol. The average Bonchev–Trinajstić information content (AvgIpc) is 1.96. The van der Waals surface area contributed by atoms with Crippen LogP contribution in [-0.2, 0) is 0 Å². The van der Waals surface area contributed by atoms with E-state index >= 15 is 0 Å². The zero-order valence-electron chi connectivity index (χ0n) is 7.39. The highest BCUT2D eigenvalue weighted by atomic mass is 127. The molecule has 5 unspecified atom stereocenters. The van der Waals surface area contributed by atoms with Gasteiger partial charge in [0.15, 0.2) is 0 Å². The van der Waals surface area contributed by atoms with Crippen molar-refractivity contribution in [3.63, 3.8) is 0 Å². The molecule has 0 saturated heterocycles. The van der Waals surface area contributed by atoms with Gasteiger partial charge in [0.05, 0.1) is 0 Å². The summed E-state index contributed by atoms with van der Waals surface area (Å²) in [7, 11) is 0. The lowest BCUT2D eigenvalue weighted by Gasteiger charge is -2.59. The molecule has 0 nitrogen and oxygen atoms in total. The van der Waals surface area contributed by atoms with Crippen molar-refractivity contribution >= 4 is 22.6 Å². The van der Waals surface area contributed by atoms with Crippen LogP contribution >= 0.6 is 22.6 Å². The first-order chi connectivity index (χ1) is 5.24. The van der Waals surface area contributed by atoms with E-state index < -0.39 is 0 Å². The van der Waals surface area contributed by atoms with E-state index in [-0.39, 0.29) is 0 Å². The van der Waals surface area contributed by atoms with Gasteiger partial charge in [0.1, 0.15) is 0 Å². The maximum atomic E-state index is 2.53. The van der Waals surface area contributed by atoms with Gasteiger partial charge < -0.3 is 0 Å². The van der Waals surface area contributed by atoms with Crippen LogP contribution in [0.4, 0.5) is 0 Å². The molecule has 0 aromatic rings. The van der Waals surface area contributed by atoms with Crippen LogP contribution in [0, 0.1) is 29.6 Å². The molecule has 64 valence electrons. The lowest BCUT2D eigenvalue weighted by Crippen LogP contribution is -2.52. The van der Waals surface area contributed by atoms with Gasteiger partial charge in [0.25, 0.3) is 0 Å². The summed E-state index contributed by atoms with van der Waals surface area (Å²) in [6.07, 6.45) is 3.09. The van der Waals surface area contributed by atoms with E-state index in [4.69, 9.17) is 0 Å². The molecule has 0 radical (unpaired) electrons. The molecule has 0 bridgehead atoms. The zero-order valence-corrected chi connectivity index (χ0v) is 9.54. The summed E-state index contributed by atoms with van der Waals surface area (Å²) in [5.74, 6) is 5.43. The van der Waals surface area contributed by atoms with Crippen LogP contribution in [0.1, 0.15) is 26.7 Å². The maximum absolute atomic E-state index is 2.53. The number of fused-ring (bicyclic) bond motifs is 1. The van der Waals surface area contributed by atoms with Crippen LogP contribution in [0.3, 0.4) is 0 Å². The highest BCUT2D eigenvalue weighted by molar-refractivity contribution is 14.1. The number of rotatable bonds is 2. The third-order valence-corrected chi connectivity index (χ3v) is 5.31. The Morgan fingerprint density at radius 1 is 1.45 bits per heavy atom. The van der Waals surface area contributed by atoms with E-state index in [1.54, 1.807) is 6.42 Å². The molecule has 5 atom stereocenters. The highest BCUT2D eigenvalue weighted by Crippen LogP contribution is 2.60. The molecule has 0 heterocycles. The Kier molecular flexibility index (Phi) is 2.19. The lowest BCUT2D eigenvalue weighted by molar-refractivity contribution is -0.0992. The largest absolute Gasteiger partial charge is 0.0861 e. The molecule has 0 aromatic carbocycles. The van der Waals surface area contributed by atoms with Crippen molar-refractivity contribution in [3.05, 3.63) is 0 Å². The summed E-state index contributed by atoms with van der Waals surface area (Å²) < 4.78 is 1.36. The van der Waals surface area contributed by atoms with Crippen molar-refractivity contribution < 1.29 is 0 Å². The van der Waals surface area contributed by atoms with E-state index in [2.05, 4.69) is 36.4 Å². The number of alkyl halides is 1. The summed E-state index contributed by atoms with van der Waals surface area (Å²) in [6, 6.07) is 0. The summed E-state index contributed by atoms with van der Waals surface area (Å²) in [4.78, 5) is 0. The molecule has 2 aliphatic rings. The second-order valence-electron chi connectivity index (χ2n) is 4.58. The molecular formula is C10H17I. The Hall–Kier alpha value is 0.730. The minimum absolute atomic E-state index is 0.986. The van der Waals surface area contributed by atoms with Crippen molar-refractivity contribution in [3.8, 4) is 0 Å². The summed E-state index contributed by atoms with van der Waals surface area (Å²) in [5.41, 5.74) is 0. The molecule has 1 heteroatoms. The number of hydrogen-bond donors (Lipinski definition) is 0. The molecule has 0 spiro atoms. The minimum atomic E-state index is 0.986. The quantitative estimate of drug-likeness (QED) is 0.530. The van der Waals surface area contributed by atoms with Crippen LogP contribution < -0.4 is 0 Å². The molecule has 2 fully saturated rings. The van der Waals surface area contributed by atoms with Crippen LogP contribution in [0.15, 0.2) is 0 Å². The van der Waals surface area contributed by atoms with E-state index in [9.17, 15) is 0 Å². The first-order valence-corrected chi connectivity index (χ1v) is 6.32. The van der Waals surface area contributed by atoms with Crippen molar-refractivity contribution in [2.75, 3.05) is 4.43 Å². The Balaban J connectivity index is 1.89. The maximum Gasteiger partial charge on any atom is 0.00238 e. The summed E-state index contributed by atoms with van der Waals surface area (Å²) in [5, 5.41) is 0. The lowest BCUT2D eigenvalue weighted by atomic mass is 9.46. The molecule has 2 rings (SSSR count). The van der Waals surface area contributed by atoms with Gasteiger partial charge in [-0.25, -0.2) is 0 Å². The van der Waals surface area contributed by atoms with Crippen LogP contribution in [-0.4, -0.2) is 4.43 Å². The van der Waals surface area contributed by atoms with E-state index in [1.807, 2.05) is 0 Å². The normalized spacial score (nSPS) is 50.5. The third kappa shape index (κ3) is 1.14. The molecule has 2 aliphatic carbocycles. The molecule has 0 N–H and O–H groups in total. The van der Waals surface area contributed by atoms with Crippen molar-refractivity contribution in [1.29, 1.82) is 0 Å². The van der Waals surface area contributed by atoms with Gasteiger partial charge in [-0.2, -0.15) is 0 Å². The zero-order chi connectivity index (χ0) is 8.01. The molecule has 0 amide bonds. The monoisotopic (exact) mass is 264 g/mol. The Labute approximate surface area is 83.3 Å². The standard InChI is InChI=1S/C10H17I/c1-6-3-8-4-9(10(6)8)7(2)5-11/h6-10H,3-5H2,1-2H3. The highest BCUT2D eigenvalue weighted by Gasteiger charge is 2.52. The topological polar surface area (TPSA) is 0 Å². The smallest absolute Gasteiger partial charge is 0.00238 e. The fraction of sp³-hybridized carbons (Fsp3) is 1.00. The molecule has 11 heavy (non-hydrogen) atoms. The Morgan fingerprint density at radius 3 is 2.64 bits per heavy atom. The first kappa shape index (κ1) is 8.33. The SMILES string of the molecule is CC(CI)C1CC2CC(C)C21. The third-order valence-electron chi connectivity index (χ3n) is 3.92. The fourth-order valence-electron chi connectivity index (χ4n) is 3.12. The second kappa shape index (κ2) is 2.90. The molecule has 0 aromatic heterocycles. The molecule has 0 aliphatic heterocycles. The number of halogens is 1. The van der Waals surface area contributed by atoms with E-state index in [1.165, 1.54) is 10.8 Å². The van der Waals surface area contributed by atoms with E-state index in [0.29, 0.717) is 0 Å². The van der Waals surface area contributed by atoms with Gasteiger partial charge in [-0.05, 0) is 42.4 Å². The average molecular weight is 264 g/mol. The van der Waals surface area contributed by atoms with Gasteiger partial charge in [-0.1, -0.05) is 36.4 Å². The second-order valence-corrected chi connectivity index (χ2v) is 5.46. The van der Waals surface area contributed by atoms with Gasteiger partial charge in [-0.15, -0.1) is 0 Å². The van der Waals surface area contributed by atoms with Crippen molar-refractivity contribution in [2.45, 2.75) is 26.7 Å².